The van der Waals surface area contributed by atoms with Gasteiger partial charge in [-0.2, -0.15) is 5.26 Å². The van der Waals surface area contributed by atoms with Gasteiger partial charge in [0.05, 0.1) is 6.07 Å². The van der Waals surface area contributed by atoms with Crippen molar-refractivity contribution in [2.75, 3.05) is 18.0 Å². The van der Waals surface area contributed by atoms with Crippen LogP contribution in [0.3, 0.4) is 0 Å². The van der Waals surface area contributed by atoms with E-state index in [-0.39, 0.29) is 6.54 Å². The second-order valence-electron chi connectivity index (χ2n) is 3.30. The molecule has 6 heteroatoms. The summed E-state index contributed by atoms with van der Waals surface area (Å²) in [6, 6.07) is 8.81. The largest absolute Gasteiger partial charge is 0.399 e. The van der Waals surface area contributed by atoms with E-state index < -0.39 is 15.8 Å². The highest BCUT2D eigenvalue weighted by molar-refractivity contribution is 7.89. The SMILES string of the molecule is N#CCS(=O)(=O)NCCc1ccc(N)cc1. The number of hydrogen-bond donors (Lipinski definition) is 2. The van der Waals surface area contributed by atoms with E-state index in [0.717, 1.165) is 5.56 Å². The maximum absolute atomic E-state index is 11.1. The first kappa shape index (κ1) is 12.5. The van der Waals surface area contributed by atoms with Crippen molar-refractivity contribution in [3.63, 3.8) is 0 Å². The van der Waals surface area contributed by atoms with Crippen molar-refractivity contribution in [1.29, 1.82) is 5.26 Å². The van der Waals surface area contributed by atoms with Gasteiger partial charge in [-0.1, -0.05) is 12.1 Å². The van der Waals surface area contributed by atoms with Gasteiger partial charge in [0.15, 0.2) is 5.75 Å². The molecule has 0 fully saturated rings. The minimum Gasteiger partial charge on any atom is -0.399 e. The number of nitrogen functional groups attached to an aromatic ring is 1. The Balaban J connectivity index is 2.42. The van der Waals surface area contributed by atoms with Gasteiger partial charge in [0.2, 0.25) is 10.0 Å². The van der Waals surface area contributed by atoms with Crippen LogP contribution in [0.1, 0.15) is 5.56 Å². The molecule has 0 bridgehead atoms. The molecule has 0 atom stereocenters. The summed E-state index contributed by atoms with van der Waals surface area (Å²) < 4.78 is 24.6. The quantitative estimate of drug-likeness (QED) is 0.720. The standard InChI is InChI=1S/C10H13N3O2S/c11-6-8-16(14,15)13-7-5-9-1-3-10(12)4-2-9/h1-4,13H,5,7-8,12H2. The number of benzene rings is 1. The molecule has 86 valence electrons. The first-order chi connectivity index (χ1) is 7.53. The molecule has 3 N–H and O–H groups in total. The average Bonchev–Trinajstić information content (AvgIpc) is 2.20. The summed E-state index contributed by atoms with van der Waals surface area (Å²) in [7, 11) is -3.45. The molecule has 0 radical (unpaired) electrons. The monoisotopic (exact) mass is 239 g/mol. The van der Waals surface area contributed by atoms with Gasteiger partial charge in [-0.15, -0.1) is 0 Å². The highest BCUT2D eigenvalue weighted by atomic mass is 32.2. The molecule has 1 rings (SSSR count). The van der Waals surface area contributed by atoms with Gasteiger partial charge >= 0.3 is 0 Å². The molecule has 1 aromatic rings. The maximum atomic E-state index is 11.1. The third kappa shape index (κ3) is 4.29. The lowest BCUT2D eigenvalue weighted by atomic mass is 10.1. The number of anilines is 1. The summed E-state index contributed by atoms with van der Waals surface area (Å²) in [5.74, 6) is -0.505. The lowest BCUT2D eigenvalue weighted by molar-refractivity contribution is 0.585. The number of nitriles is 1. The van der Waals surface area contributed by atoms with E-state index in [2.05, 4.69) is 4.72 Å². The first-order valence-corrected chi connectivity index (χ1v) is 6.37. The molecule has 0 heterocycles. The van der Waals surface area contributed by atoms with Crippen LogP contribution >= 0.6 is 0 Å². The molecule has 0 spiro atoms. The minimum absolute atomic E-state index is 0.286. The summed E-state index contributed by atoms with van der Waals surface area (Å²) in [5.41, 5.74) is 7.19. The van der Waals surface area contributed by atoms with Crippen molar-refractivity contribution in [2.45, 2.75) is 6.42 Å². The van der Waals surface area contributed by atoms with Crippen molar-refractivity contribution in [1.82, 2.24) is 4.72 Å². The Hall–Kier alpha value is -1.58. The van der Waals surface area contributed by atoms with E-state index in [9.17, 15) is 8.42 Å². The first-order valence-electron chi connectivity index (χ1n) is 4.72. The molecule has 0 unspecified atom stereocenters. The topological polar surface area (TPSA) is 96.0 Å². The number of sulfonamides is 1. The Morgan fingerprint density at radius 2 is 1.94 bits per heavy atom. The zero-order valence-corrected chi connectivity index (χ0v) is 9.50. The second-order valence-corrected chi connectivity index (χ2v) is 5.11. The van der Waals surface area contributed by atoms with Crippen molar-refractivity contribution in [3.8, 4) is 6.07 Å². The smallest absolute Gasteiger partial charge is 0.225 e. The molecule has 1 aromatic carbocycles. The Morgan fingerprint density at radius 1 is 1.31 bits per heavy atom. The molecule has 0 aliphatic carbocycles. The minimum atomic E-state index is -3.45. The van der Waals surface area contributed by atoms with Gasteiger partial charge in [0.1, 0.15) is 0 Å². The highest BCUT2D eigenvalue weighted by Crippen LogP contribution is 2.05. The van der Waals surface area contributed by atoms with Gasteiger partial charge in [-0.3, -0.25) is 0 Å². The predicted octanol–water partition coefficient (Wildman–Crippen LogP) is 0.254. The molecule has 0 saturated carbocycles. The van der Waals surface area contributed by atoms with Crippen LogP contribution in [0.4, 0.5) is 5.69 Å². The van der Waals surface area contributed by atoms with Crippen LogP contribution < -0.4 is 10.5 Å². The number of nitrogens with one attached hydrogen (secondary N) is 1. The predicted molar refractivity (Wildman–Crippen MR) is 62.0 cm³/mol. The fourth-order valence-corrected chi connectivity index (χ4v) is 1.86. The number of nitrogens with zero attached hydrogens (tertiary/aromatic N) is 1. The summed E-state index contributed by atoms with van der Waals surface area (Å²) in [5, 5.41) is 8.27. The lowest BCUT2D eigenvalue weighted by Crippen LogP contribution is -2.27. The Kier molecular flexibility index (Phi) is 4.28. The van der Waals surface area contributed by atoms with Gasteiger partial charge in [0.25, 0.3) is 0 Å². The van der Waals surface area contributed by atoms with Crippen molar-refractivity contribution in [3.05, 3.63) is 29.8 Å². The maximum Gasteiger partial charge on any atom is 0.225 e. The summed E-state index contributed by atoms with van der Waals surface area (Å²) >= 11 is 0. The van der Waals surface area contributed by atoms with Crippen LogP contribution in [0.15, 0.2) is 24.3 Å². The van der Waals surface area contributed by atoms with Crippen LogP contribution in [0.25, 0.3) is 0 Å². The summed E-state index contributed by atoms with van der Waals surface area (Å²) in [6.45, 7) is 0.286. The van der Waals surface area contributed by atoms with E-state index >= 15 is 0 Å². The summed E-state index contributed by atoms with van der Waals surface area (Å²) in [4.78, 5) is 0. The molecular formula is C10H13N3O2S. The van der Waals surface area contributed by atoms with Crippen LogP contribution in [-0.2, 0) is 16.4 Å². The fourth-order valence-electron chi connectivity index (χ4n) is 1.17. The summed E-state index contributed by atoms with van der Waals surface area (Å²) in [6.07, 6.45) is 0.574. The molecule has 16 heavy (non-hydrogen) atoms. The van der Waals surface area contributed by atoms with Gasteiger partial charge in [0, 0.05) is 12.2 Å². The van der Waals surface area contributed by atoms with Gasteiger partial charge in [-0.25, -0.2) is 13.1 Å². The molecular weight excluding hydrogens is 226 g/mol. The molecule has 5 nitrogen and oxygen atoms in total. The van der Waals surface area contributed by atoms with E-state index in [1.807, 2.05) is 12.1 Å². The Labute approximate surface area is 94.9 Å². The van der Waals surface area contributed by atoms with E-state index in [1.54, 1.807) is 18.2 Å². The highest BCUT2D eigenvalue weighted by Gasteiger charge is 2.07. The number of hydrogen-bond acceptors (Lipinski definition) is 4. The van der Waals surface area contributed by atoms with Crippen LogP contribution in [0.5, 0.6) is 0 Å². The van der Waals surface area contributed by atoms with Gasteiger partial charge in [-0.05, 0) is 24.1 Å². The zero-order valence-electron chi connectivity index (χ0n) is 8.68. The Morgan fingerprint density at radius 3 is 2.50 bits per heavy atom. The third-order valence-corrected chi connectivity index (χ3v) is 3.12. The van der Waals surface area contributed by atoms with Crippen molar-refractivity contribution >= 4 is 15.7 Å². The van der Waals surface area contributed by atoms with Gasteiger partial charge < -0.3 is 5.73 Å². The Bertz CT molecular complexity index is 474. The lowest BCUT2D eigenvalue weighted by Gasteiger charge is -2.03. The molecule has 0 aliphatic rings. The number of rotatable bonds is 5. The number of nitrogens with two attached hydrogens (primary N) is 1. The third-order valence-electron chi connectivity index (χ3n) is 1.97. The van der Waals surface area contributed by atoms with Crippen LogP contribution in [-0.4, -0.2) is 20.7 Å². The van der Waals surface area contributed by atoms with Crippen molar-refractivity contribution < 1.29 is 8.42 Å². The van der Waals surface area contributed by atoms with Crippen molar-refractivity contribution in [2.24, 2.45) is 0 Å². The van der Waals surface area contributed by atoms with E-state index in [1.165, 1.54) is 0 Å². The zero-order chi connectivity index (χ0) is 12.0. The van der Waals surface area contributed by atoms with Crippen LogP contribution in [0.2, 0.25) is 0 Å². The molecule has 0 aromatic heterocycles. The molecule has 0 amide bonds. The van der Waals surface area contributed by atoms with Crippen LogP contribution in [0, 0.1) is 11.3 Å². The molecule has 0 aliphatic heterocycles. The van der Waals surface area contributed by atoms with E-state index in [0.29, 0.717) is 12.1 Å². The van der Waals surface area contributed by atoms with E-state index in [4.69, 9.17) is 11.0 Å². The second kappa shape index (κ2) is 5.49. The molecule has 0 saturated heterocycles. The average molecular weight is 239 g/mol. The normalized spacial score (nSPS) is 10.9. The fraction of sp³-hybridized carbons (Fsp3) is 0.300.